The highest BCUT2D eigenvalue weighted by Gasteiger charge is 2.58. The number of ketones is 1. The number of aliphatic hydroxyl groups is 1. The van der Waals surface area contributed by atoms with E-state index in [9.17, 15) is 9.90 Å². The average molecular weight is 328 g/mol. The van der Waals surface area contributed by atoms with E-state index in [-0.39, 0.29) is 23.4 Å². The molecule has 0 radical (unpaired) electrons. The van der Waals surface area contributed by atoms with E-state index in [0.29, 0.717) is 17.6 Å². The van der Waals surface area contributed by atoms with Crippen molar-refractivity contribution in [2.45, 2.75) is 58.0 Å². The highest BCUT2D eigenvalue weighted by molar-refractivity contribution is 5.79. The largest absolute Gasteiger partial charge is 0.497 e. The van der Waals surface area contributed by atoms with Crippen LogP contribution in [-0.4, -0.2) is 24.1 Å². The minimum Gasteiger partial charge on any atom is -0.497 e. The Balaban J connectivity index is 1.72. The van der Waals surface area contributed by atoms with Crippen molar-refractivity contribution in [1.29, 1.82) is 0 Å². The molecule has 1 aromatic rings. The number of benzene rings is 1. The molecular weight excluding hydrogens is 300 g/mol. The van der Waals surface area contributed by atoms with Crippen molar-refractivity contribution in [2.75, 3.05) is 7.11 Å². The highest BCUT2D eigenvalue weighted by Crippen LogP contribution is 2.63. The fourth-order valence-electron chi connectivity index (χ4n) is 6.43. The number of aliphatic hydroxyl groups excluding tert-OH is 1. The second kappa shape index (κ2) is 5.59. The van der Waals surface area contributed by atoms with Gasteiger partial charge in [0.05, 0.1) is 13.2 Å². The van der Waals surface area contributed by atoms with Gasteiger partial charge in [0, 0.05) is 11.8 Å². The van der Waals surface area contributed by atoms with Gasteiger partial charge in [-0.3, -0.25) is 4.79 Å². The number of methoxy groups -OCH3 is 1. The summed E-state index contributed by atoms with van der Waals surface area (Å²) in [5, 5.41) is 11.0. The first kappa shape index (κ1) is 16.1. The van der Waals surface area contributed by atoms with Crippen molar-refractivity contribution in [3.8, 4) is 5.75 Å². The second-order valence-electron chi connectivity index (χ2n) is 8.42. The molecule has 0 amide bonds. The molecule has 3 aliphatic rings. The van der Waals surface area contributed by atoms with Gasteiger partial charge in [0.1, 0.15) is 11.5 Å². The monoisotopic (exact) mass is 328 g/mol. The molecule has 3 heteroatoms. The first-order valence-corrected chi connectivity index (χ1v) is 9.31. The minimum atomic E-state index is -0.344. The molecule has 6 atom stereocenters. The molecule has 4 unspecified atom stereocenters. The number of aryl methyl sites for hydroxylation is 1. The van der Waals surface area contributed by atoms with E-state index in [0.717, 1.165) is 37.9 Å². The Hall–Kier alpha value is -1.35. The number of rotatable bonds is 2. The molecule has 3 aliphatic carbocycles. The topological polar surface area (TPSA) is 46.5 Å². The lowest BCUT2D eigenvalue weighted by Gasteiger charge is -2.52. The van der Waals surface area contributed by atoms with Gasteiger partial charge in [-0.15, -0.1) is 0 Å². The van der Waals surface area contributed by atoms with Crippen LogP contribution in [0.5, 0.6) is 5.75 Å². The summed E-state index contributed by atoms with van der Waals surface area (Å²) in [6.07, 6.45) is 4.73. The van der Waals surface area contributed by atoms with Gasteiger partial charge in [-0.1, -0.05) is 13.0 Å². The van der Waals surface area contributed by atoms with E-state index in [1.807, 2.05) is 6.07 Å². The van der Waals surface area contributed by atoms with Crippen LogP contribution >= 0.6 is 0 Å². The van der Waals surface area contributed by atoms with Gasteiger partial charge in [0.2, 0.25) is 0 Å². The van der Waals surface area contributed by atoms with Crippen LogP contribution in [0.2, 0.25) is 0 Å². The lowest BCUT2D eigenvalue weighted by Crippen LogP contribution is -2.49. The maximum atomic E-state index is 12.1. The predicted octanol–water partition coefficient (Wildman–Crippen LogP) is 3.73. The first-order chi connectivity index (χ1) is 11.5. The summed E-state index contributed by atoms with van der Waals surface area (Å²) in [5.41, 5.74) is 2.63. The van der Waals surface area contributed by atoms with Gasteiger partial charge in [-0.05, 0) is 79.5 Å². The first-order valence-electron chi connectivity index (χ1n) is 9.31. The highest BCUT2D eigenvalue weighted by atomic mass is 16.5. The molecule has 0 spiro atoms. The number of ether oxygens (including phenoxy) is 1. The second-order valence-corrected chi connectivity index (χ2v) is 8.42. The Morgan fingerprint density at radius 2 is 2.08 bits per heavy atom. The van der Waals surface area contributed by atoms with Crippen LogP contribution in [0.15, 0.2) is 18.2 Å². The number of hydrogen-bond donors (Lipinski definition) is 1. The van der Waals surface area contributed by atoms with E-state index in [2.05, 4.69) is 19.1 Å². The van der Waals surface area contributed by atoms with Crippen molar-refractivity contribution in [2.24, 2.45) is 23.2 Å². The maximum absolute atomic E-state index is 12.1. The molecule has 0 bridgehead atoms. The fraction of sp³-hybridized carbons (Fsp3) is 0.667. The molecule has 1 aromatic carbocycles. The summed E-state index contributed by atoms with van der Waals surface area (Å²) >= 11 is 0. The molecule has 24 heavy (non-hydrogen) atoms. The zero-order valence-corrected chi connectivity index (χ0v) is 14.9. The molecule has 2 saturated carbocycles. The van der Waals surface area contributed by atoms with Gasteiger partial charge in [-0.25, -0.2) is 0 Å². The third kappa shape index (κ3) is 2.17. The molecule has 4 rings (SSSR count). The number of carbonyl (C=O) groups is 1. The Morgan fingerprint density at radius 1 is 1.29 bits per heavy atom. The standard InChI is InChI=1S/C21H28O3/c1-12(22)17-8-9-18-16-6-4-13-10-14(24-3)5-7-15(13)20(16)19(23)11-21(17,18)2/h5,7,10,16-20,23H,4,6,8-9,11H2,1-3H3/t16?,17?,18?,19-,20?,21+/m0/s1. The Kier molecular flexibility index (Phi) is 3.76. The summed E-state index contributed by atoms with van der Waals surface area (Å²) in [7, 11) is 1.70. The van der Waals surface area contributed by atoms with Crippen molar-refractivity contribution in [1.82, 2.24) is 0 Å². The van der Waals surface area contributed by atoms with Crippen molar-refractivity contribution in [3.63, 3.8) is 0 Å². The Bertz CT molecular complexity index is 667. The molecule has 3 nitrogen and oxygen atoms in total. The lowest BCUT2D eigenvalue weighted by molar-refractivity contribution is -0.128. The number of carbonyl (C=O) groups excluding carboxylic acids is 1. The Labute approximate surface area is 144 Å². The van der Waals surface area contributed by atoms with Crippen LogP contribution in [0.25, 0.3) is 0 Å². The van der Waals surface area contributed by atoms with Gasteiger partial charge in [-0.2, -0.15) is 0 Å². The maximum Gasteiger partial charge on any atom is 0.133 e. The minimum absolute atomic E-state index is 0.0175. The van der Waals surface area contributed by atoms with Crippen LogP contribution < -0.4 is 4.74 Å². The molecule has 130 valence electrons. The van der Waals surface area contributed by atoms with E-state index < -0.39 is 0 Å². The van der Waals surface area contributed by atoms with E-state index in [1.165, 1.54) is 11.1 Å². The van der Waals surface area contributed by atoms with Crippen LogP contribution in [0, 0.1) is 23.2 Å². The van der Waals surface area contributed by atoms with E-state index in [4.69, 9.17) is 4.74 Å². The summed E-state index contributed by atoms with van der Waals surface area (Å²) in [6.45, 7) is 4.00. The molecule has 0 saturated heterocycles. The molecule has 1 N–H and O–H groups in total. The van der Waals surface area contributed by atoms with Crippen LogP contribution in [0.4, 0.5) is 0 Å². The molecule has 2 fully saturated rings. The summed E-state index contributed by atoms with van der Waals surface area (Å²) < 4.78 is 5.37. The zero-order valence-electron chi connectivity index (χ0n) is 14.9. The van der Waals surface area contributed by atoms with Gasteiger partial charge < -0.3 is 9.84 Å². The lowest BCUT2D eigenvalue weighted by atomic mass is 9.53. The third-order valence-corrected chi connectivity index (χ3v) is 7.40. The van der Waals surface area contributed by atoms with E-state index in [1.54, 1.807) is 14.0 Å². The van der Waals surface area contributed by atoms with Gasteiger partial charge in [0.25, 0.3) is 0 Å². The van der Waals surface area contributed by atoms with Gasteiger partial charge >= 0.3 is 0 Å². The third-order valence-electron chi connectivity index (χ3n) is 7.40. The van der Waals surface area contributed by atoms with Crippen LogP contribution in [0.1, 0.15) is 56.6 Å². The normalized spacial score (nSPS) is 40.4. The van der Waals surface area contributed by atoms with E-state index >= 15 is 0 Å². The zero-order chi connectivity index (χ0) is 17.1. The number of fused-ring (bicyclic) bond motifs is 5. The molecule has 0 aliphatic heterocycles. The van der Waals surface area contributed by atoms with Gasteiger partial charge in [0.15, 0.2) is 0 Å². The van der Waals surface area contributed by atoms with Crippen LogP contribution in [-0.2, 0) is 11.2 Å². The summed E-state index contributed by atoms with van der Waals surface area (Å²) in [6, 6.07) is 6.32. The SMILES string of the molecule is COc1ccc2c(c1)CCC1C2[C@@H](O)C[C@]2(C)C(C(C)=O)CCC12. The van der Waals surface area contributed by atoms with Crippen molar-refractivity contribution in [3.05, 3.63) is 29.3 Å². The number of hydrogen-bond acceptors (Lipinski definition) is 3. The molecule has 0 aromatic heterocycles. The average Bonchev–Trinajstić information content (AvgIpc) is 2.90. The smallest absolute Gasteiger partial charge is 0.133 e. The molecular formula is C21H28O3. The number of Topliss-reactive ketones (excluding diaryl/α,β-unsaturated/α-hetero) is 1. The summed E-state index contributed by atoms with van der Waals surface area (Å²) in [5.74, 6) is 2.64. The Morgan fingerprint density at radius 3 is 2.79 bits per heavy atom. The van der Waals surface area contributed by atoms with Crippen molar-refractivity contribution >= 4 is 5.78 Å². The fourth-order valence-corrected chi connectivity index (χ4v) is 6.43. The van der Waals surface area contributed by atoms with Crippen molar-refractivity contribution < 1.29 is 14.6 Å². The summed E-state index contributed by atoms with van der Waals surface area (Å²) in [4.78, 5) is 12.1. The molecule has 0 heterocycles. The van der Waals surface area contributed by atoms with Crippen LogP contribution in [0.3, 0.4) is 0 Å². The quantitative estimate of drug-likeness (QED) is 0.900. The predicted molar refractivity (Wildman–Crippen MR) is 93.2 cm³/mol.